The molecule has 3 rings (SSSR count). The number of benzene rings is 1. The Hall–Kier alpha value is -2.15. The first-order valence-electron chi connectivity index (χ1n) is 7.53. The van der Waals surface area contributed by atoms with Crippen LogP contribution in [0.2, 0.25) is 0 Å². The number of nitrogens with zero attached hydrogens (tertiary/aromatic N) is 2. The largest absolute Gasteiger partial charge is 0.467 e. The second-order valence-electron chi connectivity index (χ2n) is 5.35. The van der Waals surface area contributed by atoms with E-state index >= 15 is 0 Å². The van der Waals surface area contributed by atoms with E-state index in [2.05, 4.69) is 16.9 Å². The van der Waals surface area contributed by atoms with Crippen molar-refractivity contribution in [3.63, 3.8) is 0 Å². The van der Waals surface area contributed by atoms with Crippen LogP contribution < -0.4 is 10.1 Å². The van der Waals surface area contributed by atoms with Gasteiger partial charge in [0.05, 0.1) is 4.70 Å². The van der Waals surface area contributed by atoms with Gasteiger partial charge in [0, 0.05) is 32.5 Å². The Kier molecular flexibility index (Phi) is 4.76. The van der Waals surface area contributed by atoms with Crippen molar-refractivity contribution in [1.82, 2.24) is 15.2 Å². The molecular weight excluding hydrogens is 317 g/mol. The number of carbonyl (C=O) groups excluding carboxylic acids is 1. The average Bonchev–Trinajstić information content (AvgIpc) is 2.97. The molecule has 1 fully saturated rings. The number of hydrogen-bond acceptors (Lipinski definition) is 4. The minimum absolute atomic E-state index is 0.00192. The third-order valence-electron chi connectivity index (χ3n) is 3.74. The summed E-state index contributed by atoms with van der Waals surface area (Å²) in [4.78, 5) is 17.8. The van der Waals surface area contributed by atoms with E-state index in [4.69, 9.17) is 4.74 Å². The minimum atomic E-state index is -0.331. The fourth-order valence-corrected chi connectivity index (χ4v) is 3.43. The fourth-order valence-electron chi connectivity index (χ4n) is 2.54. The number of nitrogens with one attached hydrogen (secondary N) is 1. The molecule has 0 atom stereocenters. The molecule has 2 amide bonds. The molecule has 122 valence electrons. The zero-order chi connectivity index (χ0) is 16.2. The number of fused-ring (bicyclic) bond motifs is 1. The molecule has 2 aromatic rings. The number of halogens is 1. The molecule has 5 nitrogen and oxygen atoms in total. The summed E-state index contributed by atoms with van der Waals surface area (Å²) in [5, 5.41) is 3.25. The highest BCUT2D eigenvalue weighted by Gasteiger charge is 2.24. The molecule has 1 aromatic heterocycles. The van der Waals surface area contributed by atoms with Gasteiger partial charge in [0.1, 0.15) is 17.4 Å². The van der Waals surface area contributed by atoms with Crippen LogP contribution in [-0.4, -0.2) is 41.7 Å². The molecule has 1 aromatic carbocycles. The first kappa shape index (κ1) is 15.7. The van der Waals surface area contributed by atoms with Gasteiger partial charge in [0.25, 0.3) is 5.19 Å². The van der Waals surface area contributed by atoms with Crippen molar-refractivity contribution in [2.75, 3.05) is 19.6 Å². The molecule has 0 aliphatic carbocycles. The number of ether oxygens (including phenoxy) is 1. The number of hydrogen-bond donors (Lipinski definition) is 1. The van der Waals surface area contributed by atoms with Crippen LogP contribution in [-0.2, 0) is 0 Å². The number of rotatable bonds is 4. The Balaban J connectivity index is 1.56. The summed E-state index contributed by atoms with van der Waals surface area (Å²) in [5.41, 5.74) is 0.355. The van der Waals surface area contributed by atoms with Crippen molar-refractivity contribution in [1.29, 1.82) is 0 Å². The highest BCUT2D eigenvalue weighted by molar-refractivity contribution is 7.20. The molecule has 0 bridgehead atoms. The van der Waals surface area contributed by atoms with Crippen molar-refractivity contribution in [3.05, 3.63) is 36.7 Å². The second kappa shape index (κ2) is 6.95. The summed E-state index contributed by atoms with van der Waals surface area (Å²) in [6.07, 6.45) is 3.13. The Morgan fingerprint density at radius 2 is 2.30 bits per heavy atom. The monoisotopic (exact) mass is 335 g/mol. The molecule has 1 aliphatic rings. The number of urea groups is 1. The predicted molar refractivity (Wildman–Crippen MR) is 88.4 cm³/mol. The number of amides is 2. The number of para-hydroxylation sites is 1. The van der Waals surface area contributed by atoms with Crippen LogP contribution in [0.1, 0.15) is 12.8 Å². The molecule has 0 saturated carbocycles. The maximum absolute atomic E-state index is 13.7. The predicted octanol–water partition coefficient (Wildman–Crippen LogP) is 3.17. The highest BCUT2D eigenvalue weighted by Crippen LogP contribution is 2.31. The SMILES string of the molecule is C=CCNC(=O)N1CCC(Oc2nc3c(F)cccc3s2)CC1. The molecule has 1 N–H and O–H groups in total. The first-order valence-corrected chi connectivity index (χ1v) is 8.34. The summed E-state index contributed by atoms with van der Waals surface area (Å²) >= 11 is 1.35. The fraction of sp³-hybridized carbons (Fsp3) is 0.375. The summed E-state index contributed by atoms with van der Waals surface area (Å²) < 4.78 is 20.3. The zero-order valence-corrected chi connectivity index (χ0v) is 13.4. The molecule has 0 spiro atoms. The van der Waals surface area contributed by atoms with Crippen LogP contribution >= 0.6 is 11.3 Å². The summed E-state index contributed by atoms with van der Waals surface area (Å²) in [6, 6.07) is 4.81. The topological polar surface area (TPSA) is 54.5 Å². The lowest BCUT2D eigenvalue weighted by molar-refractivity contribution is 0.111. The summed E-state index contributed by atoms with van der Waals surface area (Å²) in [7, 11) is 0. The molecule has 1 saturated heterocycles. The van der Waals surface area contributed by atoms with Crippen LogP contribution in [0, 0.1) is 5.82 Å². The number of aromatic nitrogens is 1. The number of piperidine rings is 1. The van der Waals surface area contributed by atoms with Gasteiger partial charge in [-0.1, -0.05) is 23.5 Å². The van der Waals surface area contributed by atoms with Crippen molar-refractivity contribution in [2.24, 2.45) is 0 Å². The lowest BCUT2D eigenvalue weighted by atomic mass is 10.1. The van der Waals surface area contributed by atoms with Gasteiger partial charge >= 0.3 is 6.03 Å². The lowest BCUT2D eigenvalue weighted by Crippen LogP contribution is -2.46. The normalized spacial score (nSPS) is 15.6. The maximum atomic E-state index is 13.7. The van der Waals surface area contributed by atoms with Gasteiger partial charge in [0.15, 0.2) is 0 Å². The highest BCUT2D eigenvalue weighted by atomic mass is 32.1. The van der Waals surface area contributed by atoms with Crippen LogP contribution in [0.5, 0.6) is 5.19 Å². The summed E-state index contributed by atoms with van der Waals surface area (Å²) in [5.74, 6) is -0.331. The summed E-state index contributed by atoms with van der Waals surface area (Å²) in [6.45, 7) is 5.30. The van der Waals surface area contributed by atoms with E-state index in [0.29, 0.717) is 30.3 Å². The van der Waals surface area contributed by atoms with E-state index in [-0.39, 0.29) is 18.0 Å². The van der Waals surface area contributed by atoms with Crippen molar-refractivity contribution < 1.29 is 13.9 Å². The van der Waals surface area contributed by atoms with E-state index in [1.807, 2.05) is 6.07 Å². The Morgan fingerprint density at radius 3 is 3.00 bits per heavy atom. The number of carbonyl (C=O) groups is 1. The van der Waals surface area contributed by atoms with Gasteiger partial charge in [-0.25, -0.2) is 9.18 Å². The van der Waals surface area contributed by atoms with Crippen molar-refractivity contribution >= 4 is 27.6 Å². The van der Waals surface area contributed by atoms with Crippen LogP contribution in [0.15, 0.2) is 30.9 Å². The Labute approximate surface area is 137 Å². The third-order valence-corrected chi connectivity index (χ3v) is 4.66. The molecular formula is C16H18FN3O2S. The van der Waals surface area contributed by atoms with E-state index in [0.717, 1.165) is 17.5 Å². The average molecular weight is 335 g/mol. The third kappa shape index (κ3) is 3.61. The van der Waals surface area contributed by atoms with Gasteiger partial charge in [-0.2, -0.15) is 4.98 Å². The Morgan fingerprint density at radius 1 is 1.52 bits per heavy atom. The standard InChI is InChI=1S/C16H18FN3O2S/c1-2-8-18-15(21)20-9-6-11(7-10-20)22-16-19-14-12(17)4-3-5-13(14)23-16/h2-5,11H,1,6-10H2,(H,18,21). The molecule has 0 unspecified atom stereocenters. The van der Waals surface area contributed by atoms with Crippen LogP contribution in [0.4, 0.5) is 9.18 Å². The quantitative estimate of drug-likeness (QED) is 0.873. The van der Waals surface area contributed by atoms with Gasteiger partial charge in [-0.3, -0.25) is 0 Å². The van der Waals surface area contributed by atoms with E-state index in [1.54, 1.807) is 17.0 Å². The zero-order valence-electron chi connectivity index (χ0n) is 12.6. The lowest BCUT2D eigenvalue weighted by Gasteiger charge is -2.31. The van der Waals surface area contributed by atoms with Crippen LogP contribution in [0.3, 0.4) is 0 Å². The molecule has 0 radical (unpaired) electrons. The van der Waals surface area contributed by atoms with Gasteiger partial charge in [-0.05, 0) is 12.1 Å². The van der Waals surface area contributed by atoms with Gasteiger partial charge < -0.3 is 15.0 Å². The van der Waals surface area contributed by atoms with Gasteiger partial charge in [-0.15, -0.1) is 6.58 Å². The molecule has 2 heterocycles. The van der Waals surface area contributed by atoms with E-state index < -0.39 is 0 Å². The smallest absolute Gasteiger partial charge is 0.317 e. The van der Waals surface area contributed by atoms with Gasteiger partial charge in [0.2, 0.25) is 0 Å². The van der Waals surface area contributed by atoms with E-state index in [1.165, 1.54) is 17.4 Å². The van der Waals surface area contributed by atoms with Crippen LogP contribution in [0.25, 0.3) is 10.2 Å². The number of likely N-dealkylation sites (tertiary alicyclic amines) is 1. The molecule has 23 heavy (non-hydrogen) atoms. The van der Waals surface area contributed by atoms with Crippen molar-refractivity contribution in [3.8, 4) is 5.19 Å². The first-order chi connectivity index (χ1) is 11.2. The molecule has 7 heteroatoms. The minimum Gasteiger partial charge on any atom is -0.467 e. The Bertz CT molecular complexity index is 710. The molecule has 1 aliphatic heterocycles. The maximum Gasteiger partial charge on any atom is 0.317 e. The van der Waals surface area contributed by atoms with E-state index in [9.17, 15) is 9.18 Å². The van der Waals surface area contributed by atoms with Crippen molar-refractivity contribution in [2.45, 2.75) is 18.9 Å². The second-order valence-corrected chi connectivity index (χ2v) is 6.34. The number of thiazole rings is 1.